The van der Waals surface area contributed by atoms with E-state index in [0.29, 0.717) is 23.9 Å². The Kier molecular flexibility index (Phi) is 4.41. The second kappa shape index (κ2) is 5.42. The van der Waals surface area contributed by atoms with Crippen molar-refractivity contribution in [1.29, 1.82) is 0 Å². The molecule has 0 aliphatic heterocycles. The first kappa shape index (κ1) is 17.1. The van der Waals surface area contributed by atoms with Crippen molar-refractivity contribution in [1.82, 2.24) is 5.32 Å². The van der Waals surface area contributed by atoms with Gasteiger partial charge in [-0.05, 0) is 48.3 Å². The lowest BCUT2D eigenvalue weighted by molar-refractivity contribution is -0.125. The largest absolute Gasteiger partial charge is 0.353 e. The Morgan fingerprint density at radius 3 is 1.95 bits per heavy atom. The normalized spacial score (nSPS) is 40.0. The van der Waals surface area contributed by atoms with E-state index in [-0.39, 0.29) is 35.1 Å². The van der Waals surface area contributed by atoms with Crippen LogP contribution < -0.4 is 11.1 Å². The molecule has 2 unspecified atom stereocenters. The Labute approximate surface area is 135 Å². The zero-order chi connectivity index (χ0) is 14.7. The van der Waals surface area contributed by atoms with E-state index in [1.807, 2.05) is 0 Å². The number of carbonyl (C=O) groups is 1. The predicted molar refractivity (Wildman–Crippen MR) is 88.3 cm³/mol. The standard InChI is InChI=1S/C17H30N2O.ClH/c1-16(2)14(17(16,3)4)15(20)19-13-10-6-5-7-11(13)9-12(18)8-10;/h10-14H,5-9,18H2,1-4H3,(H,19,20);1H. The van der Waals surface area contributed by atoms with Gasteiger partial charge in [0.2, 0.25) is 5.91 Å². The number of amides is 1. The molecule has 4 heteroatoms. The Morgan fingerprint density at radius 2 is 1.52 bits per heavy atom. The van der Waals surface area contributed by atoms with Crippen molar-refractivity contribution in [2.24, 2.45) is 34.3 Å². The molecule has 0 saturated heterocycles. The Balaban J connectivity index is 0.00000161. The molecular formula is C17H31ClN2O. The highest BCUT2D eigenvalue weighted by Gasteiger charge is 2.68. The summed E-state index contributed by atoms with van der Waals surface area (Å²) in [6, 6.07) is 0.746. The molecule has 3 fully saturated rings. The first-order valence-corrected chi connectivity index (χ1v) is 8.31. The van der Waals surface area contributed by atoms with Crippen LogP contribution >= 0.6 is 12.4 Å². The summed E-state index contributed by atoms with van der Waals surface area (Å²) in [5, 5.41) is 3.42. The van der Waals surface area contributed by atoms with E-state index in [4.69, 9.17) is 5.73 Å². The summed E-state index contributed by atoms with van der Waals surface area (Å²) in [7, 11) is 0. The summed E-state index contributed by atoms with van der Waals surface area (Å²) in [6.45, 7) is 8.87. The van der Waals surface area contributed by atoms with Crippen LogP contribution in [0.15, 0.2) is 0 Å². The Hall–Kier alpha value is -0.280. The van der Waals surface area contributed by atoms with Crippen molar-refractivity contribution >= 4 is 18.3 Å². The van der Waals surface area contributed by atoms with Crippen LogP contribution in [0.5, 0.6) is 0 Å². The van der Waals surface area contributed by atoms with E-state index in [0.717, 1.165) is 12.8 Å². The number of fused-ring (bicyclic) bond motifs is 2. The minimum absolute atomic E-state index is 0. The molecule has 0 heterocycles. The Morgan fingerprint density at radius 1 is 1.05 bits per heavy atom. The summed E-state index contributed by atoms with van der Waals surface area (Å²) in [5.41, 5.74) is 6.44. The van der Waals surface area contributed by atoms with Gasteiger partial charge >= 0.3 is 0 Å². The molecule has 0 aromatic rings. The molecule has 0 aromatic carbocycles. The number of hydrogen-bond donors (Lipinski definition) is 2. The quantitative estimate of drug-likeness (QED) is 0.823. The van der Waals surface area contributed by atoms with Crippen LogP contribution in [0.1, 0.15) is 59.8 Å². The fourth-order valence-corrected chi connectivity index (χ4v) is 5.12. The lowest BCUT2D eigenvalue weighted by Gasteiger charge is -2.45. The molecule has 2 bridgehead atoms. The minimum atomic E-state index is 0. The minimum Gasteiger partial charge on any atom is -0.353 e. The van der Waals surface area contributed by atoms with Gasteiger partial charge in [0.15, 0.2) is 0 Å². The number of carbonyl (C=O) groups excluding carboxylic acids is 1. The van der Waals surface area contributed by atoms with Gasteiger partial charge < -0.3 is 11.1 Å². The third-order valence-corrected chi connectivity index (χ3v) is 6.97. The van der Waals surface area contributed by atoms with Crippen LogP contribution in [-0.2, 0) is 4.79 Å². The first-order valence-electron chi connectivity index (χ1n) is 8.31. The van der Waals surface area contributed by atoms with Crippen molar-refractivity contribution in [2.75, 3.05) is 0 Å². The van der Waals surface area contributed by atoms with Gasteiger partial charge in [-0.15, -0.1) is 12.4 Å². The van der Waals surface area contributed by atoms with Crippen LogP contribution in [0.2, 0.25) is 0 Å². The van der Waals surface area contributed by atoms with Gasteiger partial charge in [0, 0.05) is 18.0 Å². The van der Waals surface area contributed by atoms with Gasteiger partial charge in [0.1, 0.15) is 0 Å². The maximum atomic E-state index is 12.7. The number of nitrogens with one attached hydrogen (secondary N) is 1. The average molecular weight is 315 g/mol. The lowest BCUT2D eigenvalue weighted by atomic mass is 9.67. The lowest BCUT2D eigenvalue weighted by Crippen LogP contribution is -2.54. The van der Waals surface area contributed by atoms with Crippen LogP contribution in [0.4, 0.5) is 0 Å². The Bertz CT molecular complexity index is 393. The number of hydrogen-bond acceptors (Lipinski definition) is 2. The van der Waals surface area contributed by atoms with Gasteiger partial charge in [0.25, 0.3) is 0 Å². The van der Waals surface area contributed by atoms with E-state index in [9.17, 15) is 4.79 Å². The molecule has 1 amide bonds. The van der Waals surface area contributed by atoms with Crippen molar-refractivity contribution in [3.63, 3.8) is 0 Å². The van der Waals surface area contributed by atoms with E-state index < -0.39 is 0 Å². The summed E-state index contributed by atoms with van der Waals surface area (Å²) >= 11 is 0. The highest BCUT2D eigenvalue weighted by Crippen LogP contribution is 2.68. The van der Waals surface area contributed by atoms with Crippen molar-refractivity contribution < 1.29 is 4.79 Å². The molecule has 3 nitrogen and oxygen atoms in total. The molecule has 122 valence electrons. The zero-order valence-electron chi connectivity index (χ0n) is 13.8. The maximum absolute atomic E-state index is 12.7. The smallest absolute Gasteiger partial charge is 0.224 e. The van der Waals surface area contributed by atoms with Crippen LogP contribution in [0.3, 0.4) is 0 Å². The molecular weight excluding hydrogens is 284 g/mol. The predicted octanol–water partition coefficient (Wildman–Crippen LogP) is 3.11. The third-order valence-electron chi connectivity index (χ3n) is 6.97. The van der Waals surface area contributed by atoms with Crippen LogP contribution in [-0.4, -0.2) is 18.0 Å². The average Bonchev–Trinajstić information content (AvgIpc) is 2.70. The second-order valence-electron chi connectivity index (χ2n) is 8.59. The molecule has 0 spiro atoms. The van der Waals surface area contributed by atoms with Gasteiger partial charge in [0.05, 0.1) is 0 Å². The summed E-state index contributed by atoms with van der Waals surface area (Å²) in [6.07, 6.45) is 5.99. The van der Waals surface area contributed by atoms with E-state index >= 15 is 0 Å². The molecule has 3 rings (SSSR count). The topological polar surface area (TPSA) is 55.1 Å². The highest BCUT2D eigenvalue weighted by atomic mass is 35.5. The molecule has 0 aromatic heterocycles. The second-order valence-corrected chi connectivity index (χ2v) is 8.59. The number of rotatable bonds is 2. The summed E-state index contributed by atoms with van der Waals surface area (Å²) < 4.78 is 0. The molecule has 3 saturated carbocycles. The summed E-state index contributed by atoms with van der Waals surface area (Å²) in [5.74, 6) is 1.70. The molecule has 3 N–H and O–H groups in total. The van der Waals surface area contributed by atoms with Crippen molar-refractivity contribution in [2.45, 2.75) is 71.9 Å². The molecule has 2 atom stereocenters. The molecule has 3 aliphatic carbocycles. The highest BCUT2D eigenvalue weighted by molar-refractivity contribution is 5.85. The molecule has 3 aliphatic rings. The number of halogens is 1. The van der Waals surface area contributed by atoms with Crippen LogP contribution in [0, 0.1) is 28.6 Å². The first-order chi connectivity index (χ1) is 9.25. The fraction of sp³-hybridized carbons (Fsp3) is 0.941. The van der Waals surface area contributed by atoms with E-state index in [1.165, 1.54) is 19.3 Å². The number of nitrogens with two attached hydrogens (primary N) is 1. The van der Waals surface area contributed by atoms with Crippen molar-refractivity contribution in [3.8, 4) is 0 Å². The summed E-state index contributed by atoms with van der Waals surface area (Å²) in [4.78, 5) is 12.7. The maximum Gasteiger partial charge on any atom is 0.224 e. The molecule has 0 radical (unpaired) electrons. The van der Waals surface area contributed by atoms with Gasteiger partial charge in [-0.3, -0.25) is 4.79 Å². The van der Waals surface area contributed by atoms with Gasteiger partial charge in [-0.2, -0.15) is 0 Å². The van der Waals surface area contributed by atoms with Gasteiger partial charge in [-0.25, -0.2) is 0 Å². The zero-order valence-corrected chi connectivity index (χ0v) is 14.6. The van der Waals surface area contributed by atoms with Gasteiger partial charge in [-0.1, -0.05) is 34.1 Å². The van der Waals surface area contributed by atoms with Crippen LogP contribution in [0.25, 0.3) is 0 Å². The van der Waals surface area contributed by atoms with E-state index in [2.05, 4.69) is 33.0 Å². The third kappa shape index (κ3) is 2.61. The SMILES string of the molecule is CC1(C)C(C(=O)NC2C3CCCC2CC(N)C3)C1(C)C.Cl. The molecule has 21 heavy (non-hydrogen) atoms. The monoisotopic (exact) mass is 314 g/mol. The van der Waals surface area contributed by atoms with Crippen molar-refractivity contribution in [3.05, 3.63) is 0 Å². The van der Waals surface area contributed by atoms with E-state index in [1.54, 1.807) is 0 Å². The fourth-order valence-electron chi connectivity index (χ4n) is 5.12.